The molecule has 0 saturated heterocycles. The number of nitrogens with one attached hydrogen (secondary N) is 1. The Bertz CT molecular complexity index is 1640. The topological polar surface area (TPSA) is 131 Å². The lowest BCUT2D eigenvalue weighted by atomic mass is 10.0. The lowest BCUT2D eigenvalue weighted by Crippen LogP contribution is -2.46. The summed E-state index contributed by atoms with van der Waals surface area (Å²) in [5.74, 6) is -1.98. The van der Waals surface area contributed by atoms with Crippen molar-refractivity contribution in [2.24, 2.45) is 12.8 Å². The number of hydrogen-bond donors (Lipinski definition) is 3. The van der Waals surface area contributed by atoms with Crippen LogP contribution >= 0.6 is 0 Å². The van der Waals surface area contributed by atoms with E-state index in [0.717, 1.165) is 35.7 Å². The van der Waals surface area contributed by atoms with E-state index in [0.29, 0.717) is 0 Å². The maximum Gasteiger partial charge on any atom is 0.280 e. The second-order valence-corrected chi connectivity index (χ2v) is 11.8. The largest absolute Gasteiger partial charge is 0.390 e. The Balaban J connectivity index is 1.57. The van der Waals surface area contributed by atoms with Crippen LogP contribution < -0.4 is 10.5 Å². The highest BCUT2D eigenvalue weighted by Crippen LogP contribution is 2.20. The maximum absolute atomic E-state index is 13.8. The van der Waals surface area contributed by atoms with E-state index < -0.39 is 39.7 Å². The highest BCUT2D eigenvalue weighted by molar-refractivity contribution is 7.92. The van der Waals surface area contributed by atoms with Crippen molar-refractivity contribution < 1.29 is 27.1 Å². The molecule has 0 aliphatic rings. The Morgan fingerprint density at radius 3 is 2.40 bits per heavy atom. The molecule has 42 heavy (non-hydrogen) atoms. The van der Waals surface area contributed by atoms with E-state index >= 15 is 0 Å². The highest BCUT2D eigenvalue weighted by Gasteiger charge is 2.25. The zero-order chi connectivity index (χ0) is 30.4. The number of hydrogen-bond acceptors (Lipinski definition) is 6. The molecule has 0 fully saturated rings. The van der Waals surface area contributed by atoms with Crippen molar-refractivity contribution in [1.29, 1.82) is 0 Å². The Kier molecular flexibility index (Phi) is 9.71. The Morgan fingerprint density at radius 1 is 1.05 bits per heavy atom. The number of imidazole rings is 1. The lowest BCUT2D eigenvalue weighted by molar-refractivity contribution is 0.0554. The summed E-state index contributed by atoms with van der Waals surface area (Å²) in [6, 6.07) is 15.8. The number of halogens is 2. The molecule has 4 rings (SSSR count). The zero-order valence-electron chi connectivity index (χ0n) is 23.2. The molecule has 9 nitrogen and oxygen atoms in total. The molecule has 0 spiro atoms. The first-order valence-corrected chi connectivity index (χ1v) is 14.8. The third kappa shape index (κ3) is 7.99. The number of amides is 1. The minimum absolute atomic E-state index is 0.0199. The predicted octanol–water partition coefficient (Wildman–Crippen LogP) is 3.63. The monoisotopic (exact) mass is 597 g/mol. The molecule has 0 unspecified atom stereocenters. The quantitative estimate of drug-likeness (QED) is 0.229. The molecule has 2 atom stereocenters. The number of carbonyl (C=O) groups is 1. The Labute approximate surface area is 243 Å². The summed E-state index contributed by atoms with van der Waals surface area (Å²) in [6.07, 6.45) is 2.25. The molecule has 0 radical (unpaired) electrons. The number of rotatable bonds is 12. The molecule has 1 amide bonds. The van der Waals surface area contributed by atoms with Gasteiger partial charge in [0.05, 0.1) is 12.4 Å². The number of carbonyl (C=O) groups excluding carboxylic acids is 1. The van der Waals surface area contributed by atoms with Crippen molar-refractivity contribution in [2.75, 3.05) is 11.3 Å². The van der Waals surface area contributed by atoms with Crippen LogP contribution in [0.2, 0.25) is 0 Å². The van der Waals surface area contributed by atoms with Crippen LogP contribution in [0.5, 0.6) is 0 Å². The summed E-state index contributed by atoms with van der Waals surface area (Å²) < 4.78 is 56.8. The van der Waals surface area contributed by atoms with Gasteiger partial charge in [0.2, 0.25) is 0 Å². The minimum Gasteiger partial charge on any atom is -0.390 e. The van der Waals surface area contributed by atoms with Gasteiger partial charge in [0, 0.05) is 49.7 Å². The summed E-state index contributed by atoms with van der Waals surface area (Å²) in [6.45, 7) is 1.96. The summed E-state index contributed by atoms with van der Waals surface area (Å²) >= 11 is 0. The average molecular weight is 598 g/mol. The molecule has 12 heteroatoms. The number of nitrogens with zero attached hydrogens (tertiary/aromatic N) is 3. The molecule has 0 bridgehead atoms. The van der Waals surface area contributed by atoms with Gasteiger partial charge < -0.3 is 20.3 Å². The van der Waals surface area contributed by atoms with Gasteiger partial charge in [-0.15, -0.1) is 0 Å². The average Bonchev–Trinajstić information content (AvgIpc) is 3.39. The van der Waals surface area contributed by atoms with Crippen molar-refractivity contribution in [3.63, 3.8) is 0 Å². The highest BCUT2D eigenvalue weighted by atomic mass is 32.2. The fourth-order valence-corrected chi connectivity index (χ4v) is 5.55. The standard InChI is InChI=1S/C30H33F2N5O4S/c1-3-20-6-4-7-21(10-20)16-37(17-28(38)27(33)13-22-11-24(31)15-25(32)12-22)30(39)23-8-5-9-26(14-23)35-42(40,41)29-18-36(2)19-34-29/h4-12,14-15,18-19,27-28,35,38H,3,13,16-17,33H2,1-2H3/t27-,28+/m0/s1. The summed E-state index contributed by atoms with van der Waals surface area (Å²) in [5, 5.41) is 10.8. The van der Waals surface area contributed by atoms with E-state index in [1.54, 1.807) is 13.1 Å². The molecule has 0 aliphatic heterocycles. The van der Waals surface area contributed by atoms with Gasteiger partial charge in [-0.05, 0) is 59.9 Å². The fourth-order valence-electron chi connectivity index (χ4n) is 4.52. The number of aliphatic hydroxyl groups is 1. The van der Waals surface area contributed by atoms with Gasteiger partial charge in [-0.1, -0.05) is 37.3 Å². The normalized spacial score (nSPS) is 13.0. The van der Waals surface area contributed by atoms with Gasteiger partial charge in [0.15, 0.2) is 5.03 Å². The molecule has 222 valence electrons. The Morgan fingerprint density at radius 2 is 1.74 bits per heavy atom. The fraction of sp³-hybridized carbons (Fsp3) is 0.267. The van der Waals surface area contributed by atoms with E-state index in [9.17, 15) is 27.1 Å². The smallest absolute Gasteiger partial charge is 0.280 e. The van der Waals surface area contributed by atoms with Crippen molar-refractivity contribution in [1.82, 2.24) is 14.5 Å². The molecule has 0 aliphatic carbocycles. The van der Waals surface area contributed by atoms with Crippen LogP contribution in [-0.2, 0) is 36.5 Å². The van der Waals surface area contributed by atoms with Crippen LogP contribution in [0.3, 0.4) is 0 Å². The zero-order valence-corrected chi connectivity index (χ0v) is 24.1. The number of aromatic nitrogens is 2. The molecule has 0 saturated carbocycles. The van der Waals surface area contributed by atoms with Gasteiger partial charge in [-0.3, -0.25) is 9.52 Å². The first kappa shape index (κ1) is 30.8. The minimum atomic E-state index is -3.99. The van der Waals surface area contributed by atoms with E-state index in [1.807, 2.05) is 31.2 Å². The van der Waals surface area contributed by atoms with Crippen LogP contribution in [0.15, 0.2) is 84.3 Å². The third-order valence-electron chi connectivity index (χ3n) is 6.67. The molecule has 1 aromatic heterocycles. The number of anilines is 1. The van der Waals surface area contributed by atoms with Crippen LogP contribution in [-0.4, -0.2) is 52.6 Å². The maximum atomic E-state index is 13.8. The van der Waals surface area contributed by atoms with Gasteiger partial charge >= 0.3 is 0 Å². The number of benzene rings is 3. The number of aliphatic hydroxyl groups excluding tert-OH is 1. The third-order valence-corrected chi connectivity index (χ3v) is 7.94. The lowest BCUT2D eigenvalue weighted by Gasteiger charge is -2.29. The van der Waals surface area contributed by atoms with Gasteiger partial charge in [0.1, 0.15) is 11.6 Å². The second-order valence-electron chi connectivity index (χ2n) is 10.1. The SMILES string of the molecule is CCc1cccc(CN(C[C@@H](O)[C@@H](N)Cc2cc(F)cc(F)c2)C(=O)c2cccc(NS(=O)(=O)c3cn(C)cn3)c2)c1. The second kappa shape index (κ2) is 13.2. The van der Waals surface area contributed by atoms with Gasteiger partial charge in [-0.25, -0.2) is 13.8 Å². The number of nitrogens with two attached hydrogens (primary N) is 1. The van der Waals surface area contributed by atoms with E-state index in [1.165, 1.54) is 40.2 Å². The number of aryl methyl sites for hydroxylation is 2. The molecular weight excluding hydrogens is 564 g/mol. The van der Waals surface area contributed by atoms with E-state index in [4.69, 9.17) is 5.73 Å². The summed E-state index contributed by atoms with van der Waals surface area (Å²) in [4.78, 5) is 19.1. The van der Waals surface area contributed by atoms with E-state index in [2.05, 4.69) is 9.71 Å². The van der Waals surface area contributed by atoms with Crippen LogP contribution in [0.1, 0.15) is 34.0 Å². The molecule has 3 aromatic carbocycles. The Hall–Kier alpha value is -4.13. The van der Waals surface area contributed by atoms with Crippen molar-refractivity contribution in [3.8, 4) is 0 Å². The molecule has 4 N–H and O–H groups in total. The molecule has 1 heterocycles. The van der Waals surface area contributed by atoms with Crippen molar-refractivity contribution >= 4 is 21.6 Å². The van der Waals surface area contributed by atoms with Gasteiger partial charge in [0.25, 0.3) is 15.9 Å². The van der Waals surface area contributed by atoms with Crippen LogP contribution in [0, 0.1) is 11.6 Å². The van der Waals surface area contributed by atoms with E-state index in [-0.39, 0.29) is 41.4 Å². The molecule has 4 aromatic rings. The van der Waals surface area contributed by atoms with Gasteiger partial charge in [-0.2, -0.15) is 8.42 Å². The first-order chi connectivity index (χ1) is 19.9. The first-order valence-electron chi connectivity index (χ1n) is 13.3. The van der Waals surface area contributed by atoms with Crippen molar-refractivity contribution in [2.45, 2.75) is 43.5 Å². The predicted molar refractivity (Wildman–Crippen MR) is 155 cm³/mol. The van der Waals surface area contributed by atoms with Crippen molar-refractivity contribution in [3.05, 3.63) is 113 Å². The van der Waals surface area contributed by atoms with Crippen LogP contribution in [0.4, 0.5) is 14.5 Å². The number of sulfonamides is 1. The molecular formula is C30H33F2N5O4S. The summed E-state index contributed by atoms with van der Waals surface area (Å²) in [5.41, 5.74) is 8.71. The van der Waals surface area contributed by atoms with Crippen LogP contribution in [0.25, 0.3) is 0 Å². The summed E-state index contributed by atoms with van der Waals surface area (Å²) in [7, 11) is -2.35.